The Morgan fingerprint density at radius 1 is 1.10 bits per heavy atom. The topological polar surface area (TPSA) is 114 Å². The molecule has 0 aliphatic carbocycles. The van der Waals surface area contributed by atoms with Gasteiger partial charge in [0.15, 0.2) is 9.84 Å². The van der Waals surface area contributed by atoms with Crippen LogP contribution >= 0.6 is 11.3 Å². The van der Waals surface area contributed by atoms with Gasteiger partial charge in [0.1, 0.15) is 29.4 Å². The van der Waals surface area contributed by atoms with E-state index in [2.05, 4.69) is 20.3 Å². The summed E-state index contributed by atoms with van der Waals surface area (Å²) in [7, 11) is -3.74. The third kappa shape index (κ3) is 4.06. The van der Waals surface area contributed by atoms with Gasteiger partial charge in [0.25, 0.3) is 0 Å². The van der Waals surface area contributed by atoms with E-state index in [1.165, 1.54) is 12.4 Å². The van der Waals surface area contributed by atoms with Crippen molar-refractivity contribution in [2.45, 2.75) is 30.4 Å². The number of aliphatic hydroxyl groups is 1. The van der Waals surface area contributed by atoms with Crippen LogP contribution in [-0.2, 0) is 9.84 Å². The van der Waals surface area contributed by atoms with Crippen molar-refractivity contribution in [2.24, 2.45) is 0 Å². The van der Waals surface area contributed by atoms with E-state index in [0.29, 0.717) is 16.7 Å². The Labute approximate surface area is 183 Å². The molecule has 0 atom stereocenters. The Kier molecular flexibility index (Phi) is 5.54. The molecule has 0 aliphatic rings. The van der Waals surface area contributed by atoms with E-state index in [0.717, 1.165) is 15.9 Å². The van der Waals surface area contributed by atoms with Gasteiger partial charge in [-0.15, -0.1) is 11.3 Å². The van der Waals surface area contributed by atoms with Crippen molar-refractivity contribution in [3.05, 3.63) is 42.2 Å². The molecule has 0 spiro atoms. The predicted octanol–water partition coefficient (Wildman–Crippen LogP) is 3.93. The van der Waals surface area contributed by atoms with Crippen LogP contribution in [0.25, 0.3) is 21.1 Å². The molecule has 8 nitrogen and oxygen atoms in total. The summed E-state index contributed by atoms with van der Waals surface area (Å²) in [5, 5.41) is 12.9. The molecule has 2 aromatic carbocycles. The SMILES string of the molecule is CC(C)(C)S(=O)(=O)c1cc2c(Nc3ccc4scnc4c3)ncnc2cc1OCCO. The first-order valence-electron chi connectivity index (χ1n) is 9.58. The number of anilines is 2. The number of nitrogens with one attached hydrogen (secondary N) is 1. The fraction of sp³-hybridized carbons (Fsp3) is 0.286. The Morgan fingerprint density at radius 3 is 2.65 bits per heavy atom. The summed E-state index contributed by atoms with van der Waals surface area (Å²) in [5.41, 5.74) is 3.95. The van der Waals surface area contributed by atoms with Gasteiger partial charge < -0.3 is 15.2 Å². The van der Waals surface area contributed by atoms with E-state index in [1.807, 2.05) is 18.2 Å². The number of sulfone groups is 1. The summed E-state index contributed by atoms with van der Waals surface area (Å²) in [5.74, 6) is 0.628. The molecule has 31 heavy (non-hydrogen) atoms. The number of nitrogens with zero attached hydrogens (tertiary/aromatic N) is 3. The zero-order valence-corrected chi connectivity index (χ0v) is 18.9. The highest BCUT2D eigenvalue weighted by molar-refractivity contribution is 7.92. The standard InChI is InChI=1S/C21H22N4O4S2/c1-21(2,3)31(27,28)19-9-14-15(10-17(19)29-7-6-26)22-11-23-20(14)25-13-4-5-18-16(8-13)24-12-30-18/h4-5,8-12,26H,6-7H2,1-3H3,(H,22,23,25). The van der Waals surface area contributed by atoms with E-state index < -0.39 is 14.6 Å². The maximum absolute atomic E-state index is 13.3. The van der Waals surface area contributed by atoms with Gasteiger partial charge >= 0.3 is 0 Å². The molecule has 4 aromatic rings. The number of aliphatic hydroxyl groups excluding tert-OH is 1. The van der Waals surface area contributed by atoms with Crippen molar-refractivity contribution in [3.8, 4) is 5.75 Å². The van der Waals surface area contributed by atoms with Crippen LogP contribution in [0.2, 0.25) is 0 Å². The number of hydrogen-bond donors (Lipinski definition) is 2. The molecule has 0 fully saturated rings. The maximum atomic E-state index is 13.3. The Bertz CT molecular complexity index is 1360. The number of ether oxygens (including phenoxy) is 1. The molecule has 0 aliphatic heterocycles. The summed E-state index contributed by atoms with van der Waals surface area (Å²) in [6.45, 7) is 4.63. The summed E-state index contributed by atoms with van der Waals surface area (Å²) >= 11 is 1.56. The van der Waals surface area contributed by atoms with Gasteiger partial charge in [-0.1, -0.05) is 0 Å². The van der Waals surface area contributed by atoms with Gasteiger partial charge in [0.05, 0.1) is 32.6 Å². The average Bonchev–Trinajstić information content (AvgIpc) is 3.19. The Morgan fingerprint density at radius 2 is 1.90 bits per heavy atom. The molecule has 0 saturated heterocycles. The second-order valence-electron chi connectivity index (χ2n) is 7.89. The van der Waals surface area contributed by atoms with Crippen LogP contribution in [0.15, 0.2) is 47.1 Å². The van der Waals surface area contributed by atoms with Crippen LogP contribution in [0.3, 0.4) is 0 Å². The fourth-order valence-corrected chi connectivity index (χ4v) is 5.02. The minimum Gasteiger partial charge on any atom is -0.490 e. The predicted molar refractivity (Wildman–Crippen MR) is 122 cm³/mol. The summed E-state index contributed by atoms with van der Waals surface area (Å²) in [4.78, 5) is 13.0. The summed E-state index contributed by atoms with van der Waals surface area (Å²) in [6.07, 6.45) is 1.40. The zero-order valence-electron chi connectivity index (χ0n) is 17.3. The first kappa shape index (κ1) is 21.4. The molecular formula is C21H22N4O4S2. The number of benzene rings is 2. The molecule has 162 valence electrons. The monoisotopic (exact) mass is 458 g/mol. The molecule has 0 radical (unpaired) electrons. The Hall–Kier alpha value is -2.82. The lowest BCUT2D eigenvalue weighted by Crippen LogP contribution is -2.28. The highest BCUT2D eigenvalue weighted by atomic mass is 32.2. The van der Waals surface area contributed by atoms with Gasteiger partial charge in [0.2, 0.25) is 0 Å². The first-order valence-corrected chi connectivity index (χ1v) is 11.9. The molecule has 10 heteroatoms. The van der Waals surface area contributed by atoms with Gasteiger partial charge in [-0.05, 0) is 45.0 Å². The van der Waals surface area contributed by atoms with E-state index in [4.69, 9.17) is 9.84 Å². The maximum Gasteiger partial charge on any atom is 0.186 e. The normalized spacial score (nSPS) is 12.4. The van der Waals surface area contributed by atoms with E-state index in [-0.39, 0.29) is 23.9 Å². The lowest BCUT2D eigenvalue weighted by molar-refractivity contribution is 0.198. The van der Waals surface area contributed by atoms with Crippen molar-refractivity contribution in [1.82, 2.24) is 15.0 Å². The molecule has 0 unspecified atom stereocenters. The fourth-order valence-electron chi connectivity index (χ4n) is 3.04. The molecular weight excluding hydrogens is 436 g/mol. The van der Waals surface area contributed by atoms with Gasteiger partial charge in [-0.3, -0.25) is 0 Å². The second kappa shape index (κ2) is 8.03. The average molecular weight is 459 g/mol. The molecule has 4 rings (SSSR count). The van der Waals surface area contributed by atoms with Crippen molar-refractivity contribution in [2.75, 3.05) is 18.5 Å². The third-order valence-corrected chi connectivity index (χ3v) is 8.06. The van der Waals surface area contributed by atoms with Crippen molar-refractivity contribution in [3.63, 3.8) is 0 Å². The zero-order chi connectivity index (χ0) is 22.2. The molecule has 0 amide bonds. The number of thiazole rings is 1. The van der Waals surface area contributed by atoms with Crippen molar-refractivity contribution >= 4 is 53.8 Å². The minimum absolute atomic E-state index is 0.0258. The third-order valence-electron chi connectivity index (χ3n) is 4.74. The van der Waals surface area contributed by atoms with Crippen LogP contribution in [0.4, 0.5) is 11.5 Å². The quantitative estimate of drug-likeness (QED) is 0.447. The molecule has 0 saturated carbocycles. The molecule has 2 N–H and O–H groups in total. The van der Waals surface area contributed by atoms with Crippen LogP contribution < -0.4 is 10.1 Å². The lowest BCUT2D eigenvalue weighted by atomic mass is 10.2. The van der Waals surface area contributed by atoms with Crippen LogP contribution in [0, 0.1) is 0 Å². The summed E-state index contributed by atoms with van der Waals surface area (Å²) in [6, 6.07) is 8.90. The number of aromatic nitrogens is 3. The summed E-state index contributed by atoms with van der Waals surface area (Å²) < 4.78 is 32.1. The van der Waals surface area contributed by atoms with Crippen molar-refractivity contribution < 1.29 is 18.3 Å². The number of hydrogen-bond acceptors (Lipinski definition) is 9. The molecule has 2 heterocycles. The van der Waals surface area contributed by atoms with Crippen LogP contribution in [0.1, 0.15) is 20.8 Å². The minimum atomic E-state index is -3.74. The van der Waals surface area contributed by atoms with E-state index in [1.54, 1.807) is 43.7 Å². The van der Waals surface area contributed by atoms with E-state index >= 15 is 0 Å². The molecule has 0 bridgehead atoms. The van der Waals surface area contributed by atoms with E-state index in [9.17, 15) is 8.42 Å². The highest BCUT2D eigenvalue weighted by Gasteiger charge is 2.34. The number of rotatable bonds is 6. The molecule has 2 aromatic heterocycles. The Balaban J connectivity index is 1.86. The second-order valence-corrected chi connectivity index (χ2v) is 11.4. The van der Waals surface area contributed by atoms with Gasteiger partial charge in [0, 0.05) is 17.1 Å². The van der Waals surface area contributed by atoms with Crippen molar-refractivity contribution in [1.29, 1.82) is 0 Å². The first-order chi connectivity index (χ1) is 14.7. The highest BCUT2D eigenvalue weighted by Crippen LogP contribution is 2.37. The smallest absolute Gasteiger partial charge is 0.186 e. The van der Waals surface area contributed by atoms with Gasteiger partial charge in [-0.25, -0.2) is 23.4 Å². The van der Waals surface area contributed by atoms with Crippen LogP contribution in [0.5, 0.6) is 5.75 Å². The lowest BCUT2D eigenvalue weighted by Gasteiger charge is -2.22. The van der Waals surface area contributed by atoms with Gasteiger partial charge in [-0.2, -0.15) is 0 Å². The van der Waals surface area contributed by atoms with Crippen LogP contribution in [-0.4, -0.2) is 46.4 Å². The number of fused-ring (bicyclic) bond motifs is 2. The largest absolute Gasteiger partial charge is 0.490 e.